The maximum atomic E-state index is 12.5. The lowest BCUT2D eigenvalue weighted by atomic mass is 10.0. The van der Waals surface area contributed by atoms with Gasteiger partial charge in [-0.25, -0.2) is 0 Å². The Labute approximate surface area is 277 Å². The summed E-state index contributed by atoms with van der Waals surface area (Å²) in [6, 6.07) is 0.0394. The third-order valence-corrected chi connectivity index (χ3v) is 9.27. The first-order valence-electron chi connectivity index (χ1n) is 19.3. The van der Waals surface area contributed by atoms with Crippen molar-refractivity contribution in [3.05, 3.63) is 24.3 Å². The number of hydrogen-bond acceptors (Lipinski definition) is 4. The van der Waals surface area contributed by atoms with Gasteiger partial charge in [0, 0.05) is 25.3 Å². The van der Waals surface area contributed by atoms with E-state index in [-0.39, 0.29) is 23.9 Å². The molecule has 0 aromatic rings. The van der Waals surface area contributed by atoms with E-state index in [0.29, 0.717) is 13.2 Å². The van der Waals surface area contributed by atoms with Crippen molar-refractivity contribution in [2.75, 3.05) is 13.2 Å². The predicted octanol–water partition coefficient (Wildman–Crippen LogP) is 9.38. The molecular weight excluding hydrogens is 560 g/mol. The molecule has 0 aromatic heterocycles. The molecule has 1 aliphatic rings. The monoisotopic (exact) mass is 633 g/mol. The normalized spacial score (nSPS) is 16.7. The van der Waals surface area contributed by atoms with Crippen LogP contribution in [0.3, 0.4) is 0 Å². The molecule has 0 bridgehead atoms. The van der Waals surface area contributed by atoms with Crippen LogP contribution in [-0.2, 0) is 9.59 Å². The van der Waals surface area contributed by atoms with Crippen molar-refractivity contribution in [1.82, 2.24) is 10.6 Å². The summed E-state index contributed by atoms with van der Waals surface area (Å²) in [6.45, 7) is 0.667. The van der Waals surface area contributed by atoms with Crippen molar-refractivity contribution in [2.24, 2.45) is 0 Å². The van der Waals surface area contributed by atoms with Crippen molar-refractivity contribution in [2.45, 2.75) is 198 Å². The lowest BCUT2D eigenvalue weighted by Crippen LogP contribution is -2.47. The zero-order valence-corrected chi connectivity index (χ0v) is 29.1. The van der Waals surface area contributed by atoms with Crippen LogP contribution in [0.15, 0.2) is 24.3 Å². The molecule has 6 nitrogen and oxygen atoms in total. The van der Waals surface area contributed by atoms with Gasteiger partial charge in [-0.1, -0.05) is 141 Å². The van der Waals surface area contributed by atoms with Crippen molar-refractivity contribution < 1.29 is 19.8 Å². The van der Waals surface area contributed by atoms with E-state index in [4.69, 9.17) is 10.2 Å². The van der Waals surface area contributed by atoms with E-state index >= 15 is 0 Å². The molecule has 6 heteroatoms. The van der Waals surface area contributed by atoms with Crippen LogP contribution in [0.1, 0.15) is 186 Å². The van der Waals surface area contributed by atoms with Gasteiger partial charge in [0.15, 0.2) is 0 Å². The molecule has 262 valence electrons. The number of allylic oxidation sites excluding steroid dienone is 2. The van der Waals surface area contributed by atoms with Gasteiger partial charge in [0.2, 0.25) is 11.8 Å². The molecular formula is C39H72N2O4. The second-order valence-corrected chi connectivity index (χ2v) is 13.5. The van der Waals surface area contributed by atoms with Crippen molar-refractivity contribution in [3.8, 4) is 0 Å². The van der Waals surface area contributed by atoms with Crippen LogP contribution in [0.4, 0.5) is 0 Å². The van der Waals surface area contributed by atoms with Gasteiger partial charge in [0.05, 0.1) is 0 Å². The Morgan fingerprint density at radius 2 is 0.711 bits per heavy atom. The van der Waals surface area contributed by atoms with E-state index in [1.54, 1.807) is 12.2 Å². The molecule has 4 N–H and O–H groups in total. The van der Waals surface area contributed by atoms with Gasteiger partial charge in [-0.2, -0.15) is 0 Å². The first-order valence-corrected chi connectivity index (χ1v) is 19.3. The summed E-state index contributed by atoms with van der Waals surface area (Å²) in [5.41, 5.74) is 0. The van der Waals surface area contributed by atoms with Crippen LogP contribution >= 0.6 is 0 Å². The third kappa shape index (κ3) is 27.2. The number of hydrogen-bond donors (Lipinski definition) is 4. The van der Waals surface area contributed by atoms with Crippen LogP contribution in [0.25, 0.3) is 0 Å². The van der Waals surface area contributed by atoms with Crippen LogP contribution < -0.4 is 10.6 Å². The summed E-state index contributed by atoms with van der Waals surface area (Å²) in [4.78, 5) is 24.9. The van der Waals surface area contributed by atoms with Crippen molar-refractivity contribution in [3.63, 3.8) is 0 Å². The molecule has 1 saturated carbocycles. The fourth-order valence-corrected chi connectivity index (χ4v) is 6.43. The average Bonchev–Trinajstić information content (AvgIpc) is 3.46. The van der Waals surface area contributed by atoms with Crippen molar-refractivity contribution >= 4 is 11.8 Å². The Bertz CT molecular complexity index is 679. The Morgan fingerprint density at radius 1 is 0.444 bits per heavy atom. The number of amides is 2. The number of nitrogens with one attached hydrogen (secondary N) is 2. The highest BCUT2D eigenvalue weighted by Gasteiger charge is 2.28. The molecule has 0 unspecified atom stereocenters. The molecule has 2 amide bonds. The highest BCUT2D eigenvalue weighted by Crippen LogP contribution is 2.19. The van der Waals surface area contributed by atoms with Gasteiger partial charge >= 0.3 is 0 Å². The highest BCUT2D eigenvalue weighted by atomic mass is 16.3. The predicted molar refractivity (Wildman–Crippen MR) is 190 cm³/mol. The Kier molecular flexibility index (Phi) is 29.7. The largest absolute Gasteiger partial charge is 0.396 e. The number of carbonyl (C=O) groups is 2. The SMILES string of the molecule is O=C(/C=C/CCCCCCCCCCCCCCO)N[C@H]1CCC[C@H]1NC(=O)/C=C/CCCCCCCCCCCCCCO. The quantitative estimate of drug-likeness (QED) is 0.0439. The number of aliphatic hydroxyl groups is 2. The summed E-state index contributed by atoms with van der Waals surface area (Å²) in [5, 5.41) is 23.8. The zero-order valence-electron chi connectivity index (χ0n) is 29.1. The first kappa shape index (κ1) is 41.4. The fraction of sp³-hybridized carbons (Fsp3) is 0.846. The highest BCUT2D eigenvalue weighted by molar-refractivity contribution is 5.89. The number of carbonyl (C=O) groups excluding carboxylic acids is 2. The Hall–Kier alpha value is -1.66. The minimum absolute atomic E-state index is 0.0197. The molecule has 0 heterocycles. The Morgan fingerprint density at radius 3 is 1.00 bits per heavy atom. The molecule has 0 radical (unpaired) electrons. The maximum absolute atomic E-state index is 12.5. The van der Waals surface area contributed by atoms with E-state index in [9.17, 15) is 9.59 Å². The van der Waals surface area contributed by atoms with E-state index in [1.807, 2.05) is 12.2 Å². The number of rotatable bonds is 32. The minimum Gasteiger partial charge on any atom is -0.396 e. The summed E-state index contributed by atoms with van der Waals surface area (Å²) >= 11 is 0. The molecule has 1 rings (SSSR count). The van der Waals surface area contributed by atoms with Crippen LogP contribution in [0.2, 0.25) is 0 Å². The summed E-state index contributed by atoms with van der Waals surface area (Å²) in [7, 11) is 0. The Balaban J connectivity index is 1.98. The molecule has 0 spiro atoms. The van der Waals surface area contributed by atoms with Gasteiger partial charge in [0.1, 0.15) is 0 Å². The van der Waals surface area contributed by atoms with E-state index < -0.39 is 0 Å². The van der Waals surface area contributed by atoms with E-state index in [0.717, 1.165) is 57.8 Å². The summed E-state index contributed by atoms with van der Waals surface area (Å²) in [6.07, 6.45) is 42.1. The molecule has 1 fully saturated rings. The smallest absolute Gasteiger partial charge is 0.243 e. The van der Waals surface area contributed by atoms with Gasteiger partial charge < -0.3 is 20.8 Å². The average molecular weight is 633 g/mol. The van der Waals surface area contributed by atoms with Gasteiger partial charge in [-0.3, -0.25) is 9.59 Å². The second kappa shape index (κ2) is 32.3. The lowest BCUT2D eigenvalue weighted by Gasteiger charge is -2.21. The summed E-state index contributed by atoms with van der Waals surface area (Å²) < 4.78 is 0. The van der Waals surface area contributed by atoms with Crippen LogP contribution in [0.5, 0.6) is 0 Å². The lowest BCUT2D eigenvalue weighted by molar-refractivity contribution is -0.119. The van der Waals surface area contributed by atoms with Crippen LogP contribution in [0, 0.1) is 0 Å². The van der Waals surface area contributed by atoms with Gasteiger partial charge in [0.25, 0.3) is 0 Å². The zero-order chi connectivity index (χ0) is 32.5. The minimum atomic E-state index is -0.0395. The van der Waals surface area contributed by atoms with Crippen LogP contribution in [-0.4, -0.2) is 47.3 Å². The topological polar surface area (TPSA) is 98.7 Å². The molecule has 0 aliphatic heterocycles. The van der Waals surface area contributed by atoms with Crippen molar-refractivity contribution in [1.29, 1.82) is 0 Å². The summed E-state index contributed by atoms with van der Waals surface area (Å²) in [5.74, 6) is -0.0791. The molecule has 1 aliphatic carbocycles. The fourth-order valence-electron chi connectivity index (χ4n) is 6.43. The second-order valence-electron chi connectivity index (χ2n) is 13.5. The number of unbranched alkanes of at least 4 members (excludes halogenated alkanes) is 24. The van der Waals surface area contributed by atoms with E-state index in [2.05, 4.69) is 10.6 Å². The molecule has 0 aromatic carbocycles. The first-order chi connectivity index (χ1) is 22.2. The third-order valence-electron chi connectivity index (χ3n) is 9.27. The molecule has 0 saturated heterocycles. The molecule has 45 heavy (non-hydrogen) atoms. The molecule has 2 atom stereocenters. The standard InChI is InChI=1S/C39H72N2O4/c42-34-27-23-19-15-11-7-3-1-5-9-13-17-21-25-32-38(44)40-36-30-29-31-37(36)41-39(45)33-26-22-18-14-10-6-2-4-8-12-16-20-24-28-35-43/h25-26,32-33,36-37,42-43H,1-24,27-31,34-35H2,(H,40,44)(H,41,45)/b32-25+,33-26+/t36-,37+. The van der Waals surface area contributed by atoms with Gasteiger partial charge in [-0.15, -0.1) is 0 Å². The van der Waals surface area contributed by atoms with E-state index in [1.165, 1.54) is 128 Å². The maximum Gasteiger partial charge on any atom is 0.243 e. The number of aliphatic hydroxyl groups excluding tert-OH is 2. The van der Waals surface area contributed by atoms with Gasteiger partial charge in [-0.05, 0) is 69.9 Å².